The van der Waals surface area contributed by atoms with Crippen LogP contribution in [0.2, 0.25) is 19.6 Å². The van der Waals surface area contributed by atoms with Gasteiger partial charge in [-0.25, -0.2) is 4.79 Å². The maximum atomic E-state index is 10.7. The van der Waals surface area contributed by atoms with Crippen LogP contribution in [-0.4, -0.2) is 19.1 Å². The smallest absolute Gasteiger partial charge is 0.335 e. The zero-order chi connectivity index (χ0) is 12.6. The molecule has 4 heteroatoms. The fourth-order valence-electron chi connectivity index (χ4n) is 1.39. The van der Waals surface area contributed by atoms with Crippen molar-refractivity contribution in [1.82, 2.24) is 0 Å². The van der Waals surface area contributed by atoms with Gasteiger partial charge in [-0.05, 0) is 24.6 Å². The lowest BCUT2D eigenvalue weighted by molar-refractivity contribution is 0.0697. The Morgan fingerprint density at radius 2 is 1.69 bits per heavy atom. The normalized spacial score (nSPS) is 15.6. The van der Waals surface area contributed by atoms with E-state index < -0.39 is 14.0 Å². The van der Waals surface area contributed by atoms with Gasteiger partial charge < -0.3 is 10.8 Å². The zero-order valence-corrected chi connectivity index (χ0v) is 11.2. The van der Waals surface area contributed by atoms with E-state index in [-0.39, 0.29) is 5.16 Å². The number of benzene rings is 1. The van der Waals surface area contributed by atoms with Gasteiger partial charge >= 0.3 is 5.97 Å². The van der Waals surface area contributed by atoms with E-state index in [1.165, 1.54) is 0 Å². The van der Waals surface area contributed by atoms with E-state index in [2.05, 4.69) is 19.6 Å². The maximum Gasteiger partial charge on any atom is 0.335 e. The van der Waals surface area contributed by atoms with Crippen LogP contribution in [0.5, 0.6) is 0 Å². The van der Waals surface area contributed by atoms with E-state index in [1.54, 1.807) is 12.1 Å². The summed E-state index contributed by atoms with van der Waals surface area (Å²) in [5.74, 6) is -0.904. The summed E-state index contributed by atoms with van der Waals surface area (Å²) in [4.78, 5) is 10.7. The van der Waals surface area contributed by atoms with Gasteiger partial charge in [0.15, 0.2) is 0 Å². The molecule has 0 heterocycles. The third-order valence-electron chi connectivity index (χ3n) is 3.29. The molecule has 1 aromatic carbocycles. The van der Waals surface area contributed by atoms with Crippen LogP contribution in [0, 0.1) is 0 Å². The number of nitrogens with two attached hydrogens (primary N) is 1. The Labute approximate surface area is 97.3 Å². The standard InChI is InChI=1S/C12H19NO2Si/c1-12(13,16(2,3)4)10-7-5-9(6-8-10)11(14)15/h5-8H,13H2,1-4H3,(H,14,15). The van der Waals surface area contributed by atoms with E-state index in [1.807, 2.05) is 19.1 Å². The molecule has 0 aliphatic heterocycles. The first kappa shape index (κ1) is 12.9. The fourth-order valence-corrected chi connectivity index (χ4v) is 2.42. The van der Waals surface area contributed by atoms with Gasteiger partial charge in [0.1, 0.15) is 0 Å². The average molecular weight is 237 g/mol. The molecule has 0 saturated heterocycles. The average Bonchev–Trinajstić information content (AvgIpc) is 2.16. The monoisotopic (exact) mass is 237 g/mol. The van der Waals surface area contributed by atoms with Crippen LogP contribution in [0.3, 0.4) is 0 Å². The molecule has 88 valence electrons. The molecule has 3 nitrogen and oxygen atoms in total. The Balaban J connectivity index is 3.11. The number of carboxylic acid groups (broad SMARTS) is 1. The van der Waals surface area contributed by atoms with Crippen LogP contribution >= 0.6 is 0 Å². The lowest BCUT2D eigenvalue weighted by Crippen LogP contribution is -2.54. The van der Waals surface area contributed by atoms with Gasteiger partial charge in [-0.1, -0.05) is 31.8 Å². The quantitative estimate of drug-likeness (QED) is 0.794. The number of hydrogen-bond donors (Lipinski definition) is 2. The Kier molecular flexibility index (Phi) is 3.26. The summed E-state index contributed by atoms with van der Waals surface area (Å²) in [6.07, 6.45) is 0. The molecular weight excluding hydrogens is 218 g/mol. The largest absolute Gasteiger partial charge is 0.478 e. The third kappa shape index (κ3) is 2.33. The maximum absolute atomic E-state index is 10.7. The summed E-state index contributed by atoms with van der Waals surface area (Å²) in [7, 11) is -1.54. The van der Waals surface area contributed by atoms with Crippen molar-refractivity contribution in [2.24, 2.45) is 5.73 Å². The second-order valence-corrected chi connectivity index (χ2v) is 10.9. The summed E-state index contributed by atoms with van der Waals surface area (Å²) in [5, 5.41) is 8.47. The van der Waals surface area contributed by atoms with E-state index in [4.69, 9.17) is 10.8 Å². The molecule has 1 rings (SSSR count). The van der Waals surface area contributed by atoms with Gasteiger partial charge in [0.05, 0.1) is 13.6 Å². The van der Waals surface area contributed by atoms with Crippen LogP contribution in [0.25, 0.3) is 0 Å². The number of rotatable bonds is 3. The molecule has 0 amide bonds. The molecule has 0 aromatic heterocycles. The van der Waals surface area contributed by atoms with Crippen molar-refractivity contribution >= 4 is 14.0 Å². The van der Waals surface area contributed by atoms with E-state index in [0.29, 0.717) is 5.56 Å². The van der Waals surface area contributed by atoms with Crippen LogP contribution in [0.1, 0.15) is 22.8 Å². The first-order valence-corrected chi connectivity index (χ1v) is 8.79. The minimum atomic E-state index is -1.54. The van der Waals surface area contributed by atoms with Crippen molar-refractivity contribution in [3.8, 4) is 0 Å². The second-order valence-electron chi connectivity index (χ2n) is 5.33. The summed E-state index contributed by atoms with van der Waals surface area (Å²) >= 11 is 0. The number of hydrogen-bond acceptors (Lipinski definition) is 2. The molecule has 16 heavy (non-hydrogen) atoms. The Bertz CT molecular complexity index is 390. The predicted molar refractivity (Wildman–Crippen MR) is 68.3 cm³/mol. The fraction of sp³-hybridized carbons (Fsp3) is 0.417. The summed E-state index contributed by atoms with van der Waals surface area (Å²) < 4.78 is 0. The molecule has 0 saturated carbocycles. The predicted octanol–water partition coefficient (Wildman–Crippen LogP) is 2.44. The van der Waals surface area contributed by atoms with Crippen molar-refractivity contribution in [3.63, 3.8) is 0 Å². The molecule has 0 aliphatic carbocycles. The van der Waals surface area contributed by atoms with Gasteiger partial charge in [-0.15, -0.1) is 0 Å². The first-order chi connectivity index (χ1) is 7.16. The van der Waals surface area contributed by atoms with Gasteiger partial charge in [0.2, 0.25) is 0 Å². The van der Waals surface area contributed by atoms with Crippen LogP contribution in [0.15, 0.2) is 24.3 Å². The molecular formula is C12H19NO2Si. The highest BCUT2D eigenvalue weighted by atomic mass is 28.3. The molecule has 1 unspecified atom stereocenters. The van der Waals surface area contributed by atoms with E-state index in [0.717, 1.165) is 5.56 Å². The van der Waals surface area contributed by atoms with E-state index >= 15 is 0 Å². The van der Waals surface area contributed by atoms with Gasteiger partial charge in [-0.3, -0.25) is 0 Å². The lowest BCUT2D eigenvalue weighted by Gasteiger charge is -2.37. The Morgan fingerprint density at radius 3 is 2.00 bits per heavy atom. The highest BCUT2D eigenvalue weighted by Crippen LogP contribution is 2.28. The highest BCUT2D eigenvalue weighted by Gasteiger charge is 2.36. The van der Waals surface area contributed by atoms with Crippen molar-refractivity contribution in [3.05, 3.63) is 35.4 Å². The molecule has 0 aliphatic rings. The number of carboxylic acids is 1. The molecule has 0 fully saturated rings. The SMILES string of the molecule is CC(N)(c1ccc(C(=O)O)cc1)[Si](C)(C)C. The van der Waals surface area contributed by atoms with Crippen LogP contribution in [-0.2, 0) is 5.16 Å². The van der Waals surface area contributed by atoms with Crippen LogP contribution in [0.4, 0.5) is 0 Å². The molecule has 3 N–H and O–H groups in total. The number of aromatic carboxylic acids is 1. The highest BCUT2D eigenvalue weighted by molar-refractivity contribution is 6.78. The van der Waals surface area contributed by atoms with Gasteiger partial charge in [0, 0.05) is 5.16 Å². The third-order valence-corrected chi connectivity index (χ3v) is 6.69. The first-order valence-electron chi connectivity index (χ1n) is 5.29. The second kappa shape index (κ2) is 4.03. The van der Waals surface area contributed by atoms with E-state index in [9.17, 15) is 4.79 Å². The molecule has 0 spiro atoms. The summed E-state index contributed by atoms with van der Waals surface area (Å²) in [5.41, 5.74) is 7.67. The van der Waals surface area contributed by atoms with Gasteiger partial charge in [0.25, 0.3) is 0 Å². The Morgan fingerprint density at radius 1 is 1.25 bits per heavy atom. The van der Waals surface area contributed by atoms with Crippen molar-refractivity contribution in [2.75, 3.05) is 0 Å². The minimum absolute atomic E-state index is 0.301. The Hall–Kier alpha value is -1.13. The molecule has 1 atom stereocenters. The molecule has 0 radical (unpaired) electrons. The summed E-state index contributed by atoms with van der Waals surface area (Å²) in [6.45, 7) is 8.64. The van der Waals surface area contributed by atoms with Crippen molar-refractivity contribution in [2.45, 2.75) is 31.7 Å². The summed E-state index contributed by atoms with van der Waals surface area (Å²) in [6, 6.07) is 6.87. The van der Waals surface area contributed by atoms with Crippen LogP contribution < -0.4 is 5.73 Å². The van der Waals surface area contributed by atoms with Crippen molar-refractivity contribution < 1.29 is 9.90 Å². The zero-order valence-electron chi connectivity index (χ0n) is 10.2. The minimum Gasteiger partial charge on any atom is -0.478 e. The van der Waals surface area contributed by atoms with Crippen molar-refractivity contribution in [1.29, 1.82) is 0 Å². The number of carbonyl (C=O) groups is 1. The lowest BCUT2D eigenvalue weighted by atomic mass is 10.1. The van der Waals surface area contributed by atoms with Gasteiger partial charge in [-0.2, -0.15) is 0 Å². The topological polar surface area (TPSA) is 63.3 Å². The molecule has 0 bridgehead atoms. The molecule has 1 aromatic rings.